The molecule has 1 atom stereocenters. The van der Waals surface area contributed by atoms with E-state index in [4.69, 9.17) is 24.1 Å². The fourth-order valence-corrected chi connectivity index (χ4v) is 2.34. The fraction of sp³-hybridized carbons (Fsp3) is 0.938. The fourth-order valence-electron chi connectivity index (χ4n) is 2.34. The van der Waals surface area contributed by atoms with Gasteiger partial charge in [0.15, 0.2) is 5.78 Å². The molecule has 1 aliphatic carbocycles. The van der Waals surface area contributed by atoms with Crippen molar-refractivity contribution >= 4 is 5.78 Å². The SMILES string of the molecule is O=C1CCCCCCC1OCCOCCOCCOCCO. The molecule has 1 fully saturated rings. The molecule has 6 nitrogen and oxygen atoms in total. The highest BCUT2D eigenvalue weighted by molar-refractivity contribution is 5.83. The smallest absolute Gasteiger partial charge is 0.161 e. The Morgan fingerprint density at radius 1 is 0.818 bits per heavy atom. The van der Waals surface area contributed by atoms with Gasteiger partial charge in [0, 0.05) is 6.42 Å². The highest BCUT2D eigenvalue weighted by Crippen LogP contribution is 2.16. The summed E-state index contributed by atoms with van der Waals surface area (Å²) >= 11 is 0. The van der Waals surface area contributed by atoms with Crippen molar-refractivity contribution in [3.05, 3.63) is 0 Å². The van der Waals surface area contributed by atoms with Gasteiger partial charge in [0.25, 0.3) is 0 Å². The number of ketones is 1. The Kier molecular flexibility index (Phi) is 12.5. The van der Waals surface area contributed by atoms with Gasteiger partial charge in [0.1, 0.15) is 6.10 Å². The molecular weight excluding hydrogens is 288 g/mol. The molecule has 0 aliphatic heterocycles. The lowest BCUT2D eigenvalue weighted by Crippen LogP contribution is -2.27. The highest BCUT2D eigenvalue weighted by Gasteiger charge is 2.19. The Labute approximate surface area is 133 Å². The lowest BCUT2D eigenvalue weighted by atomic mass is 9.97. The van der Waals surface area contributed by atoms with E-state index in [2.05, 4.69) is 0 Å². The molecule has 0 saturated heterocycles. The predicted octanol–water partition coefficient (Wildman–Crippen LogP) is 1.34. The van der Waals surface area contributed by atoms with E-state index in [0.29, 0.717) is 52.7 Å². The molecule has 0 radical (unpaired) electrons. The molecule has 0 amide bonds. The standard InChI is InChI=1S/C16H30O6/c17-7-8-19-9-10-20-11-12-21-13-14-22-16-6-4-2-1-3-5-15(16)18/h16-17H,1-14H2. The summed E-state index contributed by atoms with van der Waals surface area (Å²) in [6.07, 6.45) is 5.69. The van der Waals surface area contributed by atoms with E-state index >= 15 is 0 Å². The molecule has 0 heterocycles. The van der Waals surface area contributed by atoms with Gasteiger partial charge in [-0.25, -0.2) is 0 Å². The van der Waals surface area contributed by atoms with Crippen LogP contribution >= 0.6 is 0 Å². The molecule has 6 heteroatoms. The van der Waals surface area contributed by atoms with Gasteiger partial charge in [0.2, 0.25) is 0 Å². The zero-order valence-corrected chi connectivity index (χ0v) is 13.5. The van der Waals surface area contributed by atoms with Crippen molar-refractivity contribution in [2.45, 2.75) is 44.6 Å². The number of ether oxygens (including phenoxy) is 4. The third-order valence-corrected chi connectivity index (χ3v) is 3.52. The summed E-state index contributed by atoms with van der Waals surface area (Å²) < 4.78 is 21.4. The number of Topliss-reactive ketones (excluding diaryl/α,β-unsaturated/α-hetero) is 1. The minimum atomic E-state index is -0.233. The van der Waals surface area contributed by atoms with Gasteiger partial charge < -0.3 is 24.1 Å². The molecule has 1 unspecified atom stereocenters. The maximum Gasteiger partial charge on any atom is 0.161 e. The molecule has 0 aromatic heterocycles. The molecule has 0 aromatic carbocycles. The maximum absolute atomic E-state index is 11.9. The zero-order valence-electron chi connectivity index (χ0n) is 13.5. The molecule has 0 spiro atoms. The van der Waals surface area contributed by atoms with E-state index in [0.717, 1.165) is 25.7 Å². The number of carbonyl (C=O) groups excluding carboxylic acids is 1. The number of hydrogen-bond acceptors (Lipinski definition) is 6. The normalized spacial score (nSPS) is 19.9. The zero-order chi connectivity index (χ0) is 15.9. The number of rotatable bonds is 12. The van der Waals surface area contributed by atoms with Crippen molar-refractivity contribution in [2.24, 2.45) is 0 Å². The molecular formula is C16H30O6. The Balaban J connectivity index is 1.88. The summed E-state index contributed by atoms with van der Waals surface area (Å²) in [4.78, 5) is 11.9. The summed E-state index contributed by atoms with van der Waals surface area (Å²) in [5, 5.41) is 8.51. The Morgan fingerprint density at radius 3 is 2.09 bits per heavy atom. The van der Waals surface area contributed by atoms with E-state index in [9.17, 15) is 4.79 Å². The predicted molar refractivity (Wildman–Crippen MR) is 82.0 cm³/mol. The van der Waals surface area contributed by atoms with Gasteiger partial charge in [-0.3, -0.25) is 4.79 Å². The quantitative estimate of drug-likeness (QED) is 0.547. The molecule has 0 bridgehead atoms. The van der Waals surface area contributed by atoms with Crippen LogP contribution in [-0.2, 0) is 23.7 Å². The minimum absolute atomic E-state index is 0.0343. The van der Waals surface area contributed by atoms with E-state index < -0.39 is 0 Å². The topological polar surface area (TPSA) is 74.2 Å². The van der Waals surface area contributed by atoms with Gasteiger partial charge in [-0.1, -0.05) is 19.3 Å². The van der Waals surface area contributed by atoms with Crippen molar-refractivity contribution < 1.29 is 28.8 Å². The number of hydrogen-bond donors (Lipinski definition) is 1. The van der Waals surface area contributed by atoms with Crippen molar-refractivity contribution in [1.29, 1.82) is 0 Å². The Hall–Kier alpha value is -0.530. The third-order valence-electron chi connectivity index (χ3n) is 3.52. The second kappa shape index (κ2) is 14.1. The van der Waals surface area contributed by atoms with Gasteiger partial charge >= 0.3 is 0 Å². The minimum Gasteiger partial charge on any atom is -0.394 e. The molecule has 1 saturated carbocycles. The second-order valence-corrected chi connectivity index (χ2v) is 5.34. The molecule has 0 aromatic rings. The van der Waals surface area contributed by atoms with Crippen LogP contribution in [0.1, 0.15) is 38.5 Å². The van der Waals surface area contributed by atoms with Crippen LogP contribution in [0.25, 0.3) is 0 Å². The van der Waals surface area contributed by atoms with Crippen molar-refractivity contribution in [3.8, 4) is 0 Å². The van der Waals surface area contributed by atoms with Crippen molar-refractivity contribution in [3.63, 3.8) is 0 Å². The number of aliphatic hydroxyl groups excluding tert-OH is 1. The summed E-state index contributed by atoms with van der Waals surface area (Å²) in [5.74, 6) is 0.242. The number of aliphatic hydroxyl groups is 1. The summed E-state index contributed by atoms with van der Waals surface area (Å²) in [7, 11) is 0. The van der Waals surface area contributed by atoms with Crippen LogP contribution in [0.15, 0.2) is 0 Å². The van der Waals surface area contributed by atoms with E-state index in [1.165, 1.54) is 6.42 Å². The van der Waals surface area contributed by atoms with E-state index in [1.54, 1.807) is 0 Å². The van der Waals surface area contributed by atoms with Crippen LogP contribution in [0.4, 0.5) is 0 Å². The number of carbonyl (C=O) groups is 1. The molecule has 1 N–H and O–H groups in total. The van der Waals surface area contributed by atoms with Crippen LogP contribution in [0.2, 0.25) is 0 Å². The Bertz CT molecular complexity index is 271. The first-order valence-corrected chi connectivity index (χ1v) is 8.33. The van der Waals surface area contributed by atoms with Gasteiger partial charge in [0.05, 0.1) is 52.9 Å². The Morgan fingerprint density at radius 2 is 1.41 bits per heavy atom. The van der Waals surface area contributed by atoms with Crippen LogP contribution in [0.5, 0.6) is 0 Å². The first-order chi connectivity index (χ1) is 10.8. The lowest BCUT2D eigenvalue weighted by Gasteiger charge is -2.19. The second-order valence-electron chi connectivity index (χ2n) is 5.34. The summed E-state index contributed by atoms with van der Waals surface area (Å²) in [6.45, 7) is 3.30. The van der Waals surface area contributed by atoms with Crippen LogP contribution in [0, 0.1) is 0 Å². The van der Waals surface area contributed by atoms with Crippen molar-refractivity contribution in [2.75, 3.05) is 52.9 Å². The van der Waals surface area contributed by atoms with Crippen LogP contribution in [0.3, 0.4) is 0 Å². The van der Waals surface area contributed by atoms with E-state index in [1.807, 2.05) is 0 Å². The lowest BCUT2D eigenvalue weighted by molar-refractivity contribution is -0.132. The van der Waals surface area contributed by atoms with Gasteiger partial charge in [-0.05, 0) is 12.8 Å². The molecule has 130 valence electrons. The molecule has 22 heavy (non-hydrogen) atoms. The first kappa shape index (κ1) is 19.5. The maximum atomic E-state index is 11.9. The average Bonchev–Trinajstić information content (AvgIpc) is 2.51. The first-order valence-electron chi connectivity index (χ1n) is 8.33. The molecule has 1 aliphatic rings. The highest BCUT2D eigenvalue weighted by atomic mass is 16.6. The third kappa shape index (κ3) is 10.2. The van der Waals surface area contributed by atoms with Gasteiger partial charge in [-0.2, -0.15) is 0 Å². The van der Waals surface area contributed by atoms with E-state index in [-0.39, 0.29) is 18.5 Å². The largest absolute Gasteiger partial charge is 0.394 e. The van der Waals surface area contributed by atoms with Crippen molar-refractivity contribution in [1.82, 2.24) is 0 Å². The molecule has 1 rings (SSSR count). The summed E-state index contributed by atoms with van der Waals surface area (Å²) in [5.41, 5.74) is 0. The average molecular weight is 318 g/mol. The monoisotopic (exact) mass is 318 g/mol. The summed E-state index contributed by atoms with van der Waals surface area (Å²) in [6, 6.07) is 0. The van der Waals surface area contributed by atoms with Crippen LogP contribution in [-0.4, -0.2) is 69.8 Å². The van der Waals surface area contributed by atoms with Gasteiger partial charge in [-0.15, -0.1) is 0 Å². The van der Waals surface area contributed by atoms with Crippen LogP contribution < -0.4 is 0 Å².